The molecule has 0 heterocycles. The van der Waals surface area contributed by atoms with Crippen LogP contribution in [0.25, 0.3) is 0 Å². The number of aliphatic hydroxyl groups is 1. The number of halogens is 1. The van der Waals surface area contributed by atoms with Gasteiger partial charge in [-0.2, -0.15) is 0 Å². The molecule has 116 valence electrons. The molecular formula is C17H19ClN2OS. The predicted molar refractivity (Wildman–Crippen MR) is 96.3 cm³/mol. The maximum atomic E-state index is 9.27. The summed E-state index contributed by atoms with van der Waals surface area (Å²) in [6, 6.07) is 15.7. The van der Waals surface area contributed by atoms with Crippen LogP contribution in [0.3, 0.4) is 0 Å². The molecule has 0 unspecified atom stereocenters. The highest BCUT2D eigenvalue weighted by atomic mass is 35.5. The second-order valence-corrected chi connectivity index (χ2v) is 5.84. The molecule has 0 aromatic heterocycles. The number of rotatable bonds is 5. The van der Waals surface area contributed by atoms with Crippen LogP contribution in [0.15, 0.2) is 48.5 Å². The van der Waals surface area contributed by atoms with Gasteiger partial charge in [-0.3, -0.25) is 0 Å². The smallest absolute Gasteiger partial charge is 0.173 e. The van der Waals surface area contributed by atoms with Gasteiger partial charge in [0.15, 0.2) is 5.11 Å². The molecule has 22 heavy (non-hydrogen) atoms. The van der Waals surface area contributed by atoms with E-state index in [1.807, 2.05) is 60.4 Å². The van der Waals surface area contributed by atoms with Crippen molar-refractivity contribution in [1.29, 1.82) is 0 Å². The van der Waals surface area contributed by atoms with Crippen LogP contribution < -0.4 is 5.32 Å². The van der Waals surface area contributed by atoms with Crippen LogP contribution in [-0.2, 0) is 6.54 Å². The second-order valence-electron chi connectivity index (χ2n) is 5.02. The van der Waals surface area contributed by atoms with E-state index in [9.17, 15) is 5.11 Å². The lowest BCUT2D eigenvalue weighted by atomic mass is 10.2. The van der Waals surface area contributed by atoms with Gasteiger partial charge in [0.1, 0.15) is 0 Å². The average Bonchev–Trinajstić information content (AvgIpc) is 2.50. The number of nitrogens with one attached hydrogen (secondary N) is 1. The summed E-state index contributed by atoms with van der Waals surface area (Å²) in [6.45, 7) is 3.16. The standard InChI is InChI=1S/C17H19ClN2OS/c1-13-11-15(18)7-8-16(13)19-17(22)20(9-10-21)12-14-5-3-2-4-6-14/h2-8,11,21H,9-10,12H2,1H3,(H,19,22). The number of hydrogen-bond donors (Lipinski definition) is 2. The van der Waals surface area contributed by atoms with Crippen LogP contribution in [0.1, 0.15) is 11.1 Å². The van der Waals surface area contributed by atoms with Crippen molar-refractivity contribution in [2.75, 3.05) is 18.5 Å². The van der Waals surface area contributed by atoms with E-state index in [2.05, 4.69) is 5.32 Å². The van der Waals surface area contributed by atoms with Crippen molar-refractivity contribution in [2.45, 2.75) is 13.5 Å². The Bertz CT molecular complexity index is 634. The van der Waals surface area contributed by atoms with E-state index >= 15 is 0 Å². The summed E-state index contributed by atoms with van der Waals surface area (Å²) in [5, 5.41) is 13.8. The number of aliphatic hydroxyl groups excluding tert-OH is 1. The van der Waals surface area contributed by atoms with Crippen LogP contribution in [0.2, 0.25) is 5.02 Å². The first-order chi connectivity index (χ1) is 10.6. The number of aryl methyl sites for hydroxylation is 1. The molecule has 0 saturated carbocycles. The highest BCUT2D eigenvalue weighted by Crippen LogP contribution is 2.20. The molecule has 2 N–H and O–H groups in total. The van der Waals surface area contributed by atoms with Gasteiger partial charge in [0.2, 0.25) is 0 Å². The Morgan fingerprint density at radius 3 is 2.59 bits per heavy atom. The first kappa shape index (κ1) is 16.7. The fourth-order valence-electron chi connectivity index (χ4n) is 2.14. The van der Waals surface area contributed by atoms with Gasteiger partial charge in [-0.15, -0.1) is 0 Å². The van der Waals surface area contributed by atoms with Gasteiger partial charge in [0, 0.05) is 23.8 Å². The van der Waals surface area contributed by atoms with Crippen molar-refractivity contribution < 1.29 is 5.11 Å². The molecule has 2 rings (SSSR count). The molecule has 0 saturated heterocycles. The van der Waals surface area contributed by atoms with Crippen LogP contribution in [-0.4, -0.2) is 28.3 Å². The third kappa shape index (κ3) is 4.70. The van der Waals surface area contributed by atoms with Crippen molar-refractivity contribution in [3.63, 3.8) is 0 Å². The highest BCUT2D eigenvalue weighted by molar-refractivity contribution is 7.80. The third-order valence-electron chi connectivity index (χ3n) is 3.30. The summed E-state index contributed by atoms with van der Waals surface area (Å²) >= 11 is 11.5. The van der Waals surface area contributed by atoms with E-state index < -0.39 is 0 Å². The molecule has 5 heteroatoms. The van der Waals surface area contributed by atoms with Gasteiger partial charge in [0.25, 0.3) is 0 Å². The van der Waals surface area contributed by atoms with E-state index in [0.717, 1.165) is 16.8 Å². The van der Waals surface area contributed by atoms with Gasteiger partial charge in [0.05, 0.1) is 6.61 Å². The van der Waals surface area contributed by atoms with Crippen molar-refractivity contribution in [2.24, 2.45) is 0 Å². The monoisotopic (exact) mass is 334 g/mol. The topological polar surface area (TPSA) is 35.5 Å². The maximum absolute atomic E-state index is 9.27. The Hall–Kier alpha value is -1.62. The summed E-state index contributed by atoms with van der Waals surface area (Å²) in [5.41, 5.74) is 3.09. The van der Waals surface area contributed by atoms with E-state index in [0.29, 0.717) is 23.2 Å². The Labute approximate surface area is 141 Å². The summed E-state index contributed by atoms with van der Waals surface area (Å²) in [4.78, 5) is 1.94. The van der Waals surface area contributed by atoms with Crippen molar-refractivity contribution in [3.8, 4) is 0 Å². The molecule has 0 atom stereocenters. The SMILES string of the molecule is Cc1cc(Cl)ccc1NC(=S)N(CCO)Cc1ccccc1. The van der Waals surface area contributed by atoms with E-state index in [1.54, 1.807) is 0 Å². The van der Waals surface area contributed by atoms with Gasteiger partial charge >= 0.3 is 0 Å². The van der Waals surface area contributed by atoms with E-state index in [-0.39, 0.29) is 6.61 Å². The lowest BCUT2D eigenvalue weighted by Gasteiger charge is -2.25. The number of hydrogen-bond acceptors (Lipinski definition) is 2. The predicted octanol–water partition coefficient (Wildman–Crippen LogP) is 3.84. The minimum atomic E-state index is 0.0499. The van der Waals surface area contributed by atoms with Crippen molar-refractivity contribution in [1.82, 2.24) is 4.90 Å². The minimum absolute atomic E-state index is 0.0499. The molecule has 0 bridgehead atoms. The molecule has 0 aliphatic carbocycles. The number of anilines is 1. The van der Waals surface area contributed by atoms with Crippen molar-refractivity contribution >= 4 is 34.6 Å². The Morgan fingerprint density at radius 2 is 1.95 bits per heavy atom. The summed E-state index contributed by atoms with van der Waals surface area (Å²) in [5.74, 6) is 0. The molecule has 3 nitrogen and oxygen atoms in total. The van der Waals surface area contributed by atoms with Gasteiger partial charge in [-0.05, 0) is 48.5 Å². The molecule has 0 aliphatic heterocycles. The normalized spacial score (nSPS) is 10.3. The lowest BCUT2D eigenvalue weighted by Crippen LogP contribution is -2.36. The molecular weight excluding hydrogens is 316 g/mol. The summed E-state index contributed by atoms with van der Waals surface area (Å²) in [6.07, 6.45) is 0. The van der Waals surface area contributed by atoms with Gasteiger partial charge in [-0.25, -0.2) is 0 Å². The maximum Gasteiger partial charge on any atom is 0.173 e. The van der Waals surface area contributed by atoms with E-state index in [4.69, 9.17) is 23.8 Å². The molecule has 0 amide bonds. The number of thiocarbonyl (C=S) groups is 1. The van der Waals surface area contributed by atoms with Crippen LogP contribution in [0.5, 0.6) is 0 Å². The molecule has 0 radical (unpaired) electrons. The quantitative estimate of drug-likeness (QED) is 0.814. The zero-order valence-corrected chi connectivity index (χ0v) is 14.0. The zero-order chi connectivity index (χ0) is 15.9. The highest BCUT2D eigenvalue weighted by Gasteiger charge is 2.11. The fourth-order valence-corrected chi connectivity index (χ4v) is 2.63. The van der Waals surface area contributed by atoms with Crippen LogP contribution >= 0.6 is 23.8 Å². The first-order valence-corrected chi connectivity index (χ1v) is 7.85. The molecule has 2 aromatic rings. The second kappa shape index (κ2) is 8.13. The Morgan fingerprint density at radius 1 is 1.23 bits per heavy atom. The molecule has 0 fully saturated rings. The van der Waals surface area contributed by atoms with Gasteiger partial charge < -0.3 is 15.3 Å². The molecule has 0 spiro atoms. The first-order valence-electron chi connectivity index (χ1n) is 7.07. The Kier molecular flexibility index (Phi) is 6.19. The van der Waals surface area contributed by atoms with E-state index in [1.165, 1.54) is 0 Å². The Balaban J connectivity index is 2.09. The summed E-state index contributed by atoms with van der Waals surface area (Å²) < 4.78 is 0. The third-order valence-corrected chi connectivity index (χ3v) is 3.90. The number of benzene rings is 2. The molecule has 0 aliphatic rings. The molecule has 2 aromatic carbocycles. The number of nitrogens with zero attached hydrogens (tertiary/aromatic N) is 1. The largest absolute Gasteiger partial charge is 0.395 e. The van der Waals surface area contributed by atoms with Crippen molar-refractivity contribution in [3.05, 3.63) is 64.7 Å². The summed E-state index contributed by atoms with van der Waals surface area (Å²) in [7, 11) is 0. The van der Waals surface area contributed by atoms with Crippen LogP contribution in [0, 0.1) is 6.92 Å². The lowest BCUT2D eigenvalue weighted by molar-refractivity contribution is 0.248. The minimum Gasteiger partial charge on any atom is -0.395 e. The fraction of sp³-hybridized carbons (Fsp3) is 0.235. The van der Waals surface area contributed by atoms with Gasteiger partial charge in [-0.1, -0.05) is 41.9 Å². The average molecular weight is 335 g/mol. The van der Waals surface area contributed by atoms with Crippen LogP contribution in [0.4, 0.5) is 5.69 Å². The zero-order valence-electron chi connectivity index (χ0n) is 12.4.